The summed E-state index contributed by atoms with van der Waals surface area (Å²) < 4.78 is 0. The Morgan fingerprint density at radius 2 is 1.97 bits per heavy atom. The van der Waals surface area contributed by atoms with Gasteiger partial charge in [0.05, 0.1) is 18.6 Å². The highest BCUT2D eigenvalue weighted by Gasteiger charge is 2.24. The van der Waals surface area contributed by atoms with Crippen LogP contribution in [0.1, 0.15) is 56.6 Å². The number of nitrogens with one attached hydrogen (secondary N) is 2. The van der Waals surface area contributed by atoms with E-state index in [1.807, 2.05) is 0 Å². The monoisotopic (exact) mass is 543 g/mol. The van der Waals surface area contributed by atoms with Gasteiger partial charge in [0.2, 0.25) is 5.91 Å². The Morgan fingerprint density at radius 1 is 1.23 bits per heavy atom. The van der Waals surface area contributed by atoms with Gasteiger partial charge in [0.25, 0.3) is 0 Å². The molecule has 2 fully saturated rings. The average Bonchev–Trinajstić information content (AvgIpc) is 2.74. The number of nitrogens with zero attached hydrogens (tertiary/aromatic N) is 2. The average molecular weight is 543 g/mol. The molecule has 1 aliphatic heterocycles. The van der Waals surface area contributed by atoms with E-state index in [9.17, 15) is 9.90 Å². The van der Waals surface area contributed by atoms with Crippen molar-refractivity contribution in [3.63, 3.8) is 0 Å². The van der Waals surface area contributed by atoms with Gasteiger partial charge in [0.15, 0.2) is 5.96 Å². The molecule has 1 saturated heterocycles. The van der Waals surface area contributed by atoms with Gasteiger partial charge in [-0.05, 0) is 63.1 Å². The fourth-order valence-corrected chi connectivity index (χ4v) is 4.42. The molecule has 3 rings (SSSR count). The van der Waals surface area contributed by atoms with Gasteiger partial charge in [-0.2, -0.15) is 0 Å². The molecule has 1 unspecified atom stereocenters. The third kappa shape index (κ3) is 8.57. The molecule has 31 heavy (non-hydrogen) atoms. The molecule has 7 nitrogen and oxygen atoms in total. The van der Waals surface area contributed by atoms with Crippen LogP contribution in [0.5, 0.6) is 0 Å². The second-order valence-corrected chi connectivity index (χ2v) is 8.64. The van der Waals surface area contributed by atoms with Crippen LogP contribution in [0.2, 0.25) is 0 Å². The van der Waals surface area contributed by atoms with Crippen molar-refractivity contribution in [2.24, 2.45) is 16.6 Å². The van der Waals surface area contributed by atoms with E-state index >= 15 is 0 Å². The van der Waals surface area contributed by atoms with E-state index in [2.05, 4.69) is 46.7 Å². The van der Waals surface area contributed by atoms with E-state index in [1.165, 1.54) is 11.1 Å². The van der Waals surface area contributed by atoms with Crippen LogP contribution in [0.15, 0.2) is 29.3 Å². The van der Waals surface area contributed by atoms with Crippen molar-refractivity contribution in [1.29, 1.82) is 0 Å². The normalized spacial score (nSPS) is 24.8. The minimum absolute atomic E-state index is 0. The summed E-state index contributed by atoms with van der Waals surface area (Å²) in [5.74, 6) is 0.629. The summed E-state index contributed by atoms with van der Waals surface area (Å²) in [5.41, 5.74) is 7.92. The molecule has 1 aromatic carbocycles. The van der Waals surface area contributed by atoms with Gasteiger partial charge in [-0.25, -0.2) is 4.99 Å². The lowest BCUT2D eigenvalue weighted by Gasteiger charge is -2.31. The number of carbonyl (C=O) groups excluding carboxylic acids is 1. The predicted octanol–water partition coefficient (Wildman–Crippen LogP) is 2.36. The van der Waals surface area contributed by atoms with Crippen LogP contribution in [0, 0.1) is 5.92 Å². The van der Waals surface area contributed by atoms with Gasteiger partial charge >= 0.3 is 0 Å². The van der Waals surface area contributed by atoms with Crippen molar-refractivity contribution >= 4 is 35.8 Å². The highest BCUT2D eigenvalue weighted by molar-refractivity contribution is 14.0. The van der Waals surface area contributed by atoms with Crippen molar-refractivity contribution in [2.45, 2.75) is 70.7 Å². The zero-order valence-corrected chi connectivity index (χ0v) is 20.9. The number of primary amides is 1. The Balaban J connectivity index is 0.00000341. The van der Waals surface area contributed by atoms with E-state index < -0.39 is 0 Å². The van der Waals surface area contributed by atoms with Gasteiger partial charge in [-0.3, -0.25) is 9.69 Å². The SMILES string of the molecule is CCNC(=NCc1cccc(CN2CCCC(C(N)=O)C2)c1)NC1CCC(O)CC1.I. The number of guanidine groups is 1. The van der Waals surface area contributed by atoms with Gasteiger partial charge in [-0.15, -0.1) is 24.0 Å². The molecule has 0 spiro atoms. The van der Waals surface area contributed by atoms with Crippen LogP contribution >= 0.6 is 24.0 Å². The molecule has 1 amide bonds. The van der Waals surface area contributed by atoms with Gasteiger partial charge in [0.1, 0.15) is 0 Å². The number of halogens is 1. The maximum absolute atomic E-state index is 11.5. The zero-order chi connectivity index (χ0) is 21.3. The fraction of sp³-hybridized carbons (Fsp3) is 0.652. The topological polar surface area (TPSA) is 103 Å². The number of aliphatic hydroxyl groups is 1. The van der Waals surface area contributed by atoms with Crippen LogP contribution in [-0.2, 0) is 17.9 Å². The summed E-state index contributed by atoms with van der Waals surface area (Å²) in [6, 6.07) is 8.90. The van der Waals surface area contributed by atoms with Gasteiger partial charge in [0, 0.05) is 25.7 Å². The van der Waals surface area contributed by atoms with Crippen molar-refractivity contribution in [3.05, 3.63) is 35.4 Å². The third-order valence-electron chi connectivity index (χ3n) is 6.11. The Labute approximate surface area is 203 Å². The van der Waals surface area contributed by atoms with Crippen molar-refractivity contribution in [1.82, 2.24) is 15.5 Å². The Hall–Kier alpha value is -1.39. The number of hydrogen-bond acceptors (Lipinski definition) is 4. The van der Waals surface area contributed by atoms with E-state index in [4.69, 9.17) is 10.7 Å². The molecular formula is C23H38IN5O2. The zero-order valence-electron chi connectivity index (χ0n) is 18.6. The first-order valence-corrected chi connectivity index (χ1v) is 11.4. The smallest absolute Gasteiger partial charge is 0.221 e. The molecule has 174 valence electrons. The second-order valence-electron chi connectivity index (χ2n) is 8.64. The van der Waals surface area contributed by atoms with Gasteiger partial charge in [-0.1, -0.05) is 24.3 Å². The molecule has 5 N–H and O–H groups in total. The molecule has 0 bridgehead atoms. The van der Waals surface area contributed by atoms with Crippen molar-refractivity contribution < 1.29 is 9.90 Å². The fourth-order valence-electron chi connectivity index (χ4n) is 4.42. The van der Waals surface area contributed by atoms with E-state index in [0.717, 1.165) is 70.7 Å². The number of carbonyl (C=O) groups is 1. The molecule has 8 heteroatoms. The lowest BCUT2D eigenvalue weighted by Crippen LogP contribution is -2.45. The lowest BCUT2D eigenvalue weighted by atomic mass is 9.93. The van der Waals surface area contributed by atoms with Crippen LogP contribution in [-0.4, -0.2) is 53.7 Å². The summed E-state index contributed by atoms with van der Waals surface area (Å²) in [6.07, 6.45) is 5.43. The number of nitrogens with two attached hydrogens (primary N) is 1. The molecule has 1 aromatic rings. The van der Waals surface area contributed by atoms with Crippen molar-refractivity contribution in [3.8, 4) is 0 Å². The molecule has 1 heterocycles. The minimum Gasteiger partial charge on any atom is -0.393 e. The molecule has 0 aromatic heterocycles. The summed E-state index contributed by atoms with van der Waals surface area (Å²) in [4.78, 5) is 18.6. The largest absolute Gasteiger partial charge is 0.393 e. The van der Waals surface area contributed by atoms with E-state index in [1.54, 1.807) is 0 Å². The molecule has 1 aliphatic carbocycles. The summed E-state index contributed by atoms with van der Waals surface area (Å²) in [7, 11) is 0. The number of benzene rings is 1. The number of piperidine rings is 1. The van der Waals surface area contributed by atoms with Crippen LogP contribution in [0.4, 0.5) is 0 Å². The third-order valence-corrected chi connectivity index (χ3v) is 6.11. The maximum atomic E-state index is 11.5. The maximum Gasteiger partial charge on any atom is 0.221 e. The summed E-state index contributed by atoms with van der Waals surface area (Å²) >= 11 is 0. The molecular weight excluding hydrogens is 505 g/mol. The molecule has 1 atom stereocenters. The first-order chi connectivity index (χ1) is 14.5. The lowest BCUT2D eigenvalue weighted by molar-refractivity contribution is -0.123. The van der Waals surface area contributed by atoms with Gasteiger partial charge < -0.3 is 21.5 Å². The highest BCUT2D eigenvalue weighted by Crippen LogP contribution is 2.20. The Kier molecular flexibility index (Phi) is 11.0. The standard InChI is InChI=1S/C23H37N5O2.HI/c1-2-25-23(27-20-8-10-21(29)11-9-20)26-14-17-5-3-6-18(13-17)15-28-12-4-7-19(16-28)22(24)30;/h3,5-6,13,19-21,29H,2,4,7-12,14-16H2,1H3,(H2,24,30)(H2,25,26,27);1H. The number of aliphatic imine (C=N–C) groups is 1. The highest BCUT2D eigenvalue weighted by atomic mass is 127. The van der Waals surface area contributed by atoms with Crippen molar-refractivity contribution in [2.75, 3.05) is 19.6 Å². The van der Waals surface area contributed by atoms with Crippen LogP contribution in [0.25, 0.3) is 0 Å². The summed E-state index contributed by atoms with van der Waals surface area (Å²) in [5, 5.41) is 16.6. The molecule has 0 radical (unpaired) electrons. The first-order valence-electron chi connectivity index (χ1n) is 11.4. The van der Waals surface area contributed by atoms with E-state index in [-0.39, 0.29) is 41.9 Å². The second kappa shape index (κ2) is 13.2. The number of rotatable bonds is 7. The molecule has 1 saturated carbocycles. The quantitative estimate of drug-likeness (QED) is 0.240. The number of amides is 1. The number of likely N-dealkylation sites (tertiary alicyclic amines) is 1. The molecule has 2 aliphatic rings. The minimum atomic E-state index is -0.182. The first kappa shape index (κ1) is 25.9. The Bertz CT molecular complexity index is 722. The van der Waals surface area contributed by atoms with E-state index in [0.29, 0.717) is 12.6 Å². The van der Waals surface area contributed by atoms with Crippen LogP contribution < -0.4 is 16.4 Å². The Morgan fingerprint density at radius 3 is 2.68 bits per heavy atom. The predicted molar refractivity (Wildman–Crippen MR) is 135 cm³/mol. The number of hydrogen-bond donors (Lipinski definition) is 4. The van der Waals surface area contributed by atoms with Crippen LogP contribution in [0.3, 0.4) is 0 Å². The summed E-state index contributed by atoms with van der Waals surface area (Å²) in [6.45, 7) is 6.10. The number of aliphatic hydroxyl groups excluding tert-OH is 1.